The van der Waals surface area contributed by atoms with E-state index in [1.165, 1.54) is 0 Å². The summed E-state index contributed by atoms with van der Waals surface area (Å²) in [6.45, 7) is 0. The molecule has 2 aromatic rings. The summed E-state index contributed by atoms with van der Waals surface area (Å²) in [4.78, 5) is 0. The van der Waals surface area contributed by atoms with Crippen LogP contribution in [0.1, 0.15) is 22.3 Å². The fraction of sp³-hybridized carbons (Fsp3) is 0.176. The first kappa shape index (κ1) is 19.0. The van der Waals surface area contributed by atoms with Crippen LogP contribution in [0.25, 0.3) is 0 Å². The van der Waals surface area contributed by atoms with Crippen LogP contribution in [-0.2, 0) is 12.4 Å². The zero-order valence-electron chi connectivity index (χ0n) is 13.0. The minimum atomic E-state index is -4.62. The molecule has 0 bridgehead atoms. The third-order valence-corrected chi connectivity index (χ3v) is 3.82. The van der Waals surface area contributed by atoms with Crippen molar-refractivity contribution in [3.63, 3.8) is 0 Å². The molecule has 0 saturated heterocycles. The number of halogens is 8. The first-order chi connectivity index (χ1) is 12.4. The highest BCUT2D eigenvalue weighted by atomic mass is 19.4. The van der Waals surface area contributed by atoms with Gasteiger partial charge in [-0.2, -0.15) is 35.1 Å². The predicted molar refractivity (Wildman–Crippen MR) is 80.9 cm³/mol. The highest BCUT2D eigenvalue weighted by Gasteiger charge is 2.47. The standard InChI is InChI=1S/C17H8F8N2/c18-15(19)13(9-1-5-11(6-2-9)16(20,21)22)26-27-14(15)10-3-7-12(8-4-10)17(23,24)25/h1-8H. The highest BCUT2D eigenvalue weighted by molar-refractivity contribution is 6.27. The van der Waals surface area contributed by atoms with E-state index in [1.807, 2.05) is 0 Å². The van der Waals surface area contributed by atoms with Gasteiger partial charge < -0.3 is 0 Å². The second kappa shape index (κ2) is 6.14. The van der Waals surface area contributed by atoms with E-state index in [0.29, 0.717) is 24.3 Å². The van der Waals surface area contributed by atoms with Crippen molar-refractivity contribution in [2.24, 2.45) is 10.2 Å². The van der Waals surface area contributed by atoms with Crippen LogP contribution in [0.5, 0.6) is 0 Å². The van der Waals surface area contributed by atoms with Crippen LogP contribution in [-0.4, -0.2) is 17.3 Å². The number of hydrogen-bond donors (Lipinski definition) is 0. The fourth-order valence-electron chi connectivity index (χ4n) is 2.45. The highest BCUT2D eigenvalue weighted by Crippen LogP contribution is 2.35. The van der Waals surface area contributed by atoms with Crippen molar-refractivity contribution in [1.82, 2.24) is 0 Å². The van der Waals surface area contributed by atoms with Gasteiger partial charge in [-0.3, -0.25) is 0 Å². The molecule has 1 heterocycles. The molecule has 0 amide bonds. The Balaban J connectivity index is 1.87. The van der Waals surface area contributed by atoms with Gasteiger partial charge in [0.15, 0.2) is 0 Å². The average Bonchev–Trinajstić information content (AvgIpc) is 2.88. The maximum absolute atomic E-state index is 14.6. The fourth-order valence-corrected chi connectivity index (χ4v) is 2.45. The van der Waals surface area contributed by atoms with Crippen molar-refractivity contribution >= 4 is 11.4 Å². The summed E-state index contributed by atoms with van der Waals surface area (Å²) in [6.07, 6.45) is -9.25. The zero-order chi connectivity index (χ0) is 20.0. The van der Waals surface area contributed by atoms with Gasteiger partial charge >= 0.3 is 18.3 Å². The van der Waals surface area contributed by atoms with Gasteiger partial charge in [-0.15, -0.1) is 10.2 Å². The van der Waals surface area contributed by atoms with E-state index >= 15 is 0 Å². The Morgan fingerprint density at radius 2 is 0.852 bits per heavy atom. The van der Waals surface area contributed by atoms with Crippen LogP contribution in [0.2, 0.25) is 0 Å². The van der Waals surface area contributed by atoms with Gasteiger partial charge in [0, 0.05) is 11.1 Å². The van der Waals surface area contributed by atoms with Crippen LogP contribution in [0.15, 0.2) is 58.7 Å². The largest absolute Gasteiger partial charge is 0.416 e. The molecule has 0 aromatic heterocycles. The second-order valence-electron chi connectivity index (χ2n) is 5.62. The number of alkyl halides is 8. The molecule has 0 spiro atoms. The molecule has 27 heavy (non-hydrogen) atoms. The lowest BCUT2D eigenvalue weighted by atomic mass is 9.96. The van der Waals surface area contributed by atoms with Gasteiger partial charge in [0.25, 0.3) is 0 Å². The van der Waals surface area contributed by atoms with E-state index in [2.05, 4.69) is 10.2 Å². The first-order valence-electron chi connectivity index (χ1n) is 7.30. The van der Waals surface area contributed by atoms with Gasteiger partial charge in [-0.1, -0.05) is 24.3 Å². The van der Waals surface area contributed by atoms with Crippen molar-refractivity contribution in [3.8, 4) is 0 Å². The molecule has 1 aliphatic rings. The molecule has 0 atom stereocenters. The van der Waals surface area contributed by atoms with Crippen molar-refractivity contribution in [2.45, 2.75) is 18.3 Å². The minimum absolute atomic E-state index is 0.279. The number of benzene rings is 2. The Labute approximate surface area is 146 Å². The Kier molecular flexibility index (Phi) is 4.32. The van der Waals surface area contributed by atoms with Crippen molar-refractivity contribution < 1.29 is 35.1 Å². The molecule has 0 saturated carbocycles. The van der Waals surface area contributed by atoms with E-state index in [1.54, 1.807) is 0 Å². The van der Waals surface area contributed by atoms with Crippen molar-refractivity contribution in [1.29, 1.82) is 0 Å². The molecule has 10 heteroatoms. The Morgan fingerprint density at radius 3 is 1.11 bits per heavy atom. The maximum Gasteiger partial charge on any atom is 0.416 e. The van der Waals surface area contributed by atoms with Gasteiger partial charge in [0.2, 0.25) is 0 Å². The monoisotopic (exact) mass is 392 g/mol. The lowest BCUT2D eigenvalue weighted by Gasteiger charge is -2.16. The molecule has 0 radical (unpaired) electrons. The van der Waals surface area contributed by atoms with E-state index in [-0.39, 0.29) is 11.1 Å². The lowest BCUT2D eigenvalue weighted by Crippen LogP contribution is -2.35. The third kappa shape index (κ3) is 3.56. The summed E-state index contributed by atoms with van der Waals surface area (Å²) in [5, 5.41) is 6.66. The maximum atomic E-state index is 14.6. The van der Waals surface area contributed by atoms with Crippen LogP contribution in [0.3, 0.4) is 0 Å². The Morgan fingerprint density at radius 1 is 0.556 bits per heavy atom. The van der Waals surface area contributed by atoms with E-state index < -0.39 is 40.8 Å². The second-order valence-corrected chi connectivity index (χ2v) is 5.62. The SMILES string of the molecule is FC1(F)C(c2ccc(C(F)(F)F)cc2)=NN=C1c1ccc(C(F)(F)F)cc1. The molecular formula is C17H8F8N2. The third-order valence-electron chi connectivity index (χ3n) is 3.82. The van der Waals surface area contributed by atoms with E-state index in [9.17, 15) is 35.1 Å². The van der Waals surface area contributed by atoms with Gasteiger partial charge in [-0.25, -0.2) is 0 Å². The van der Waals surface area contributed by atoms with Gasteiger partial charge in [-0.05, 0) is 24.3 Å². The molecule has 0 aliphatic carbocycles. The summed E-state index contributed by atoms with van der Waals surface area (Å²) in [5.41, 5.74) is -4.36. The predicted octanol–water partition coefficient (Wildman–Crippen LogP) is 5.57. The van der Waals surface area contributed by atoms with Crippen molar-refractivity contribution in [3.05, 3.63) is 70.8 Å². The average molecular weight is 392 g/mol. The topological polar surface area (TPSA) is 24.7 Å². The lowest BCUT2D eigenvalue weighted by molar-refractivity contribution is -0.138. The molecule has 0 fully saturated rings. The Bertz CT molecular complexity index is 828. The van der Waals surface area contributed by atoms with Crippen LogP contribution in [0.4, 0.5) is 35.1 Å². The van der Waals surface area contributed by atoms with Crippen LogP contribution in [0, 0.1) is 0 Å². The molecule has 0 N–H and O–H groups in total. The first-order valence-corrected chi connectivity index (χ1v) is 7.30. The van der Waals surface area contributed by atoms with Crippen LogP contribution < -0.4 is 0 Å². The quantitative estimate of drug-likeness (QED) is 0.598. The van der Waals surface area contributed by atoms with E-state index in [0.717, 1.165) is 24.3 Å². The molecule has 3 rings (SSSR count). The summed E-state index contributed by atoms with van der Waals surface area (Å²) in [6, 6.07) is 5.85. The zero-order valence-corrected chi connectivity index (χ0v) is 13.0. The minimum Gasteiger partial charge on any atom is -0.192 e. The normalized spacial score (nSPS) is 16.9. The number of rotatable bonds is 2. The number of hydrogen-bond acceptors (Lipinski definition) is 2. The molecule has 142 valence electrons. The van der Waals surface area contributed by atoms with Crippen molar-refractivity contribution in [2.75, 3.05) is 0 Å². The molecular weight excluding hydrogens is 384 g/mol. The van der Waals surface area contributed by atoms with Gasteiger partial charge in [0.05, 0.1) is 11.1 Å². The summed E-state index contributed by atoms with van der Waals surface area (Å²) < 4.78 is 105. The molecule has 2 nitrogen and oxygen atoms in total. The summed E-state index contributed by atoms with van der Waals surface area (Å²) >= 11 is 0. The van der Waals surface area contributed by atoms with E-state index in [4.69, 9.17) is 0 Å². The number of nitrogens with zero attached hydrogens (tertiary/aromatic N) is 2. The van der Waals surface area contributed by atoms with Crippen LogP contribution >= 0.6 is 0 Å². The smallest absolute Gasteiger partial charge is 0.192 e. The Hall–Kier alpha value is -2.78. The molecule has 0 unspecified atom stereocenters. The molecule has 1 aliphatic heterocycles. The summed E-state index contributed by atoms with van der Waals surface area (Å²) in [5.74, 6) is -3.78. The van der Waals surface area contributed by atoms with Gasteiger partial charge in [0.1, 0.15) is 11.4 Å². The summed E-state index contributed by atoms with van der Waals surface area (Å²) in [7, 11) is 0. The molecule has 2 aromatic carbocycles.